The highest BCUT2D eigenvalue weighted by molar-refractivity contribution is 7.80. The molecule has 16 heteroatoms. The van der Waals surface area contributed by atoms with E-state index in [4.69, 9.17) is 9.47 Å². The Morgan fingerprint density at radius 1 is 0.955 bits per heavy atom. The zero-order valence-corrected chi connectivity index (χ0v) is 24.3. The number of alkyl halides is 9. The topological polar surface area (TPSA) is 59.1 Å². The molecule has 0 N–H and O–H groups in total. The van der Waals surface area contributed by atoms with Crippen molar-refractivity contribution < 1.29 is 58.6 Å². The van der Waals surface area contributed by atoms with Gasteiger partial charge < -0.3 is 9.47 Å². The van der Waals surface area contributed by atoms with Gasteiger partial charge in [-0.1, -0.05) is 0 Å². The lowest BCUT2D eigenvalue weighted by molar-refractivity contribution is -0.147. The number of rotatable bonds is 5. The Morgan fingerprint density at radius 3 is 1.98 bits per heavy atom. The Balaban J connectivity index is 1.91. The Labute approximate surface area is 251 Å². The summed E-state index contributed by atoms with van der Waals surface area (Å²) >= 11 is 3.46. The van der Waals surface area contributed by atoms with Gasteiger partial charge in [-0.25, -0.2) is 9.59 Å². The number of carbonyl (C=O) groups excluding carboxylic acids is 2. The third-order valence-corrected chi connectivity index (χ3v) is 7.87. The summed E-state index contributed by atoms with van der Waals surface area (Å²) in [6, 6.07) is 1.22. The molecule has 4 rings (SSSR count). The molecule has 2 aliphatic rings. The molecule has 6 nitrogen and oxygen atoms in total. The molecule has 2 amide bonds. The van der Waals surface area contributed by atoms with E-state index in [9.17, 15) is 49.1 Å². The standard InChI is InChI=1S/C28H27F9N2O4S/c1-13(2)43-25(41)39-20-7-6-16(26(29,30)31)10-17(20)22(11-21(39)15-4-5-15)38(24(40)42-3)12-14-8-18(27(32,33)34)23(44)19(9-14)28(35,36)37/h6-10,13,15,21-22,44H,4-5,11-12H2,1-3H3/t21-,22-/m1/s1. The van der Waals surface area contributed by atoms with Gasteiger partial charge in [-0.05, 0) is 80.5 Å². The first-order valence-corrected chi connectivity index (χ1v) is 13.7. The summed E-state index contributed by atoms with van der Waals surface area (Å²) in [5.74, 6) is -0.149. The van der Waals surface area contributed by atoms with Gasteiger partial charge in [-0.15, -0.1) is 12.6 Å². The number of ether oxygens (including phenoxy) is 2. The SMILES string of the molecule is COC(=O)N(Cc1cc(C(F)(F)F)c(S)c(C(F)(F)F)c1)[C@@H]1C[C@H](C2CC2)N(C(=O)OC(C)C)c2ccc(C(F)(F)F)cc21. The minimum absolute atomic E-state index is 0.0385. The third-order valence-electron chi connectivity index (χ3n) is 7.39. The van der Waals surface area contributed by atoms with Crippen molar-refractivity contribution in [2.24, 2.45) is 5.92 Å². The van der Waals surface area contributed by atoms with Gasteiger partial charge in [0.2, 0.25) is 0 Å². The van der Waals surface area contributed by atoms with Crippen molar-refractivity contribution in [3.05, 3.63) is 58.1 Å². The Kier molecular flexibility index (Phi) is 9.08. The average molecular weight is 659 g/mol. The first-order valence-electron chi connectivity index (χ1n) is 13.3. The van der Waals surface area contributed by atoms with Gasteiger partial charge in [-0.3, -0.25) is 9.80 Å². The lowest BCUT2D eigenvalue weighted by Crippen LogP contribution is -2.50. The molecule has 1 aliphatic heterocycles. The van der Waals surface area contributed by atoms with Crippen LogP contribution in [0.25, 0.3) is 0 Å². The molecule has 1 fully saturated rings. The molecule has 0 saturated heterocycles. The maximum atomic E-state index is 13.8. The fourth-order valence-electron chi connectivity index (χ4n) is 5.36. The second-order valence-electron chi connectivity index (χ2n) is 10.9. The molecule has 44 heavy (non-hydrogen) atoms. The molecule has 0 spiro atoms. The van der Waals surface area contributed by atoms with E-state index in [1.54, 1.807) is 13.8 Å². The second-order valence-corrected chi connectivity index (χ2v) is 11.3. The van der Waals surface area contributed by atoms with Crippen LogP contribution in [0.5, 0.6) is 0 Å². The molecule has 2 aromatic rings. The minimum Gasteiger partial charge on any atom is -0.453 e. The zero-order valence-electron chi connectivity index (χ0n) is 23.4. The lowest BCUT2D eigenvalue weighted by Gasteiger charge is -2.44. The number of hydrogen-bond donors (Lipinski definition) is 1. The molecule has 0 unspecified atom stereocenters. The van der Waals surface area contributed by atoms with Crippen LogP contribution in [0.15, 0.2) is 35.2 Å². The predicted molar refractivity (Wildman–Crippen MR) is 141 cm³/mol. The molecule has 0 aromatic heterocycles. The maximum absolute atomic E-state index is 13.8. The van der Waals surface area contributed by atoms with Crippen LogP contribution in [-0.4, -0.2) is 36.3 Å². The van der Waals surface area contributed by atoms with E-state index in [-0.39, 0.29) is 23.6 Å². The summed E-state index contributed by atoms with van der Waals surface area (Å²) in [6.07, 6.45) is -17.0. The second kappa shape index (κ2) is 11.9. The van der Waals surface area contributed by atoms with Crippen LogP contribution in [-0.2, 0) is 34.5 Å². The quantitative estimate of drug-likeness (QED) is 0.258. The average Bonchev–Trinajstić information content (AvgIpc) is 3.74. The summed E-state index contributed by atoms with van der Waals surface area (Å²) in [4.78, 5) is 26.9. The Hall–Kier alpha value is -3.30. The van der Waals surface area contributed by atoms with Crippen LogP contribution in [0.4, 0.5) is 54.8 Å². The van der Waals surface area contributed by atoms with Gasteiger partial charge in [0.25, 0.3) is 0 Å². The van der Waals surface area contributed by atoms with E-state index >= 15 is 0 Å². The molecule has 2 atom stereocenters. The highest BCUT2D eigenvalue weighted by Gasteiger charge is 2.48. The van der Waals surface area contributed by atoms with Crippen molar-refractivity contribution in [1.29, 1.82) is 0 Å². The highest BCUT2D eigenvalue weighted by Crippen LogP contribution is 2.50. The van der Waals surface area contributed by atoms with Crippen LogP contribution in [0.2, 0.25) is 0 Å². The van der Waals surface area contributed by atoms with Gasteiger partial charge in [-0.2, -0.15) is 39.5 Å². The third kappa shape index (κ3) is 6.99. The number of halogens is 9. The molecule has 2 aromatic carbocycles. The van der Waals surface area contributed by atoms with E-state index in [0.717, 1.165) is 24.1 Å². The van der Waals surface area contributed by atoms with Crippen LogP contribution in [0.1, 0.15) is 67.0 Å². The van der Waals surface area contributed by atoms with Gasteiger partial charge in [0.15, 0.2) is 0 Å². The van der Waals surface area contributed by atoms with E-state index in [1.807, 2.05) is 0 Å². The summed E-state index contributed by atoms with van der Waals surface area (Å²) in [5.41, 5.74) is -5.43. The maximum Gasteiger partial charge on any atom is 0.417 e. The van der Waals surface area contributed by atoms with E-state index in [1.165, 1.54) is 4.90 Å². The highest BCUT2D eigenvalue weighted by atomic mass is 32.1. The van der Waals surface area contributed by atoms with Crippen molar-refractivity contribution in [2.75, 3.05) is 12.0 Å². The molecular formula is C28H27F9N2O4S. The number of thiol groups is 1. The van der Waals surface area contributed by atoms with Gasteiger partial charge in [0.05, 0.1) is 41.6 Å². The normalized spacial score (nSPS) is 19.1. The van der Waals surface area contributed by atoms with Gasteiger partial charge >= 0.3 is 30.7 Å². The summed E-state index contributed by atoms with van der Waals surface area (Å²) in [6.45, 7) is 2.24. The summed E-state index contributed by atoms with van der Waals surface area (Å²) < 4.78 is 134. The number of nitrogens with zero attached hydrogens (tertiary/aromatic N) is 2. The number of hydrogen-bond acceptors (Lipinski definition) is 5. The fourth-order valence-corrected chi connectivity index (χ4v) is 5.74. The monoisotopic (exact) mass is 658 g/mol. The number of benzene rings is 2. The van der Waals surface area contributed by atoms with E-state index in [0.29, 0.717) is 31.0 Å². The molecule has 242 valence electrons. The smallest absolute Gasteiger partial charge is 0.417 e. The number of fused-ring (bicyclic) bond motifs is 1. The minimum atomic E-state index is -5.25. The number of methoxy groups -OCH3 is 1. The predicted octanol–water partition coefficient (Wildman–Crippen LogP) is 8.88. The summed E-state index contributed by atoms with van der Waals surface area (Å²) in [5, 5.41) is 0. The fraction of sp³-hybridized carbons (Fsp3) is 0.500. The lowest BCUT2D eigenvalue weighted by atomic mass is 9.86. The number of amides is 2. The van der Waals surface area contributed by atoms with E-state index in [2.05, 4.69) is 12.6 Å². The first kappa shape index (κ1) is 33.6. The summed E-state index contributed by atoms with van der Waals surface area (Å²) in [7, 11) is 0.912. The molecule has 1 heterocycles. The van der Waals surface area contributed by atoms with Crippen molar-refractivity contribution >= 4 is 30.5 Å². The Bertz CT molecular complexity index is 1390. The van der Waals surface area contributed by atoms with Crippen molar-refractivity contribution in [3.63, 3.8) is 0 Å². The number of anilines is 1. The van der Waals surface area contributed by atoms with Crippen molar-refractivity contribution in [2.45, 2.75) is 81.3 Å². The molecule has 1 aliphatic carbocycles. The van der Waals surface area contributed by atoms with Crippen LogP contribution in [0, 0.1) is 5.92 Å². The zero-order chi connectivity index (χ0) is 32.9. The molecule has 1 saturated carbocycles. The van der Waals surface area contributed by atoms with Crippen LogP contribution in [0.3, 0.4) is 0 Å². The van der Waals surface area contributed by atoms with E-state index < -0.39 is 82.6 Å². The van der Waals surface area contributed by atoms with Crippen molar-refractivity contribution in [1.82, 2.24) is 4.90 Å². The van der Waals surface area contributed by atoms with Gasteiger partial charge in [0.1, 0.15) is 0 Å². The molecular weight excluding hydrogens is 631 g/mol. The molecule has 0 radical (unpaired) electrons. The van der Waals surface area contributed by atoms with Crippen LogP contribution >= 0.6 is 12.6 Å². The van der Waals surface area contributed by atoms with Crippen LogP contribution < -0.4 is 4.90 Å². The number of carbonyl (C=O) groups is 2. The Morgan fingerprint density at radius 2 is 1.52 bits per heavy atom. The largest absolute Gasteiger partial charge is 0.453 e. The van der Waals surface area contributed by atoms with Crippen molar-refractivity contribution in [3.8, 4) is 0 Å². The first-order chi connectivity index (χ1) is 20.2. The van der Waals surface area contributed by atoms with Gasteiger partial charge in [0, 0.05) is 17.5 Å². The molecule has 0 bridgehead atoms.